The van der Waals surface area contributed by atoms with Gasteiger partial charge in [0.1, 0.15) is 0 Å². The van der Waals surface area contributed by atoms with Crippen molar-refractivity contribution in [3.63, 3.8) is 0 Å². The summed E-state index contributed by atoms with van der Waals surface area (Å²) >= 11 is 0. The summed E-state index contributed by atoms with van der Waals surface area (Å²) in [7, 11) is 1.94. The molecule has 2 heterocycles. The Bertz CT molecular complexity index is 459. The first-order valence-corrected chi connectivity index (χ1v) is 8.76. The highest BCUT2D eigenvalue weighted by atomic mass is 16.5. The molecule has 0 bridgehead atoms. The molecule has 1 unspecified atom stereocenters. The van der Waals surface area contributed by atoms with Gasteiger partial charge in [-0.05, 0) is 43.4 Å². The highest BCUT2D eigenvalue weighted by Gasteiger charge is 2.61. The van der Waals surface area contributed by atoms with E-state index < -0.39 is 0 Å². The van der Waals surface area contributed by atoms with Crippen LogP contribution in [0.1, 0.15) is 25.7 Å². The van der Waals surface area contributed by atoms with Crippen molar-refractivity contribution in [2.75, 3.05) is 39.9 Å². The predicted octanol–water partition coefficient (Wildman–Crippen LogP) is 0.986. The lowest BCUT2D eigenvalue weighted by molar-refractivity contribution is -0.139. The van der Waals surface area contributed by atoms with Crippen LogP contribution in [-0.2, 0) is 14.3 Å². The van der Waals surface area contributed by atoms with E-state index in [4.69, 9.17) is 4.74 Å². The summed E-state index contributed by atoms with van der Waals surface area (Å²) < 4.78 is 5.33. The third-order valence-corrected chi connectivity index (χ3v) is 5.97. The van der Waals surface area contributed by atoms with E-state index in [1.807, 2.05) is 16.8 Å². The van der Waals surface area contributed by atoms with Gasteiger partial charge in [-0.15, -0.1) is 0 Å². The van der Waals surface area contributed by atoms with Crippen molar-refractivity contribution >= 4 is 11.8 Å². The molecule has 4 fully saturated rings. The number of hydrogen-bond donors (Lipinski definition) is 0. The zero-order valence-electron chi connectivity index (χ0n) is 13.4. The first-order valence-electron chi connectivity index (χ1n) is 8.76. The van der Waals surface area contributed by atoms with Gasteiger partial charge in [0.25, 0.3) is 0 Å². The van der Waals surface area contributed by atoms with E-state index >= 15 is 0 Å². The smallest absolute Gasteiger partial charge is 0.226 e. The van der Waals surface area contributed by atoms with Gasteiger partial charge in [0, 0.05) is 51.7 Å². The summed E-state index contributed by atoms with van der Waals surface area (Å²) in [5.74, 6) is 2.57. The van der Waals surface area contributed by atoms with Gasteiger partial charge in [-0.1, -0.05) is 0 Å². The van der Waals surface area contributed by atoms with E-state index in [0.717, 1.165) is 38.4 Å². The highest BCUT2D eigenvalue weighted by molar-refractivity contribution is 5.84. The van der Waals surface area contributed by atoms with Gasteiger partial charge in [0.15, 0.2) is 0 Å². The van der Waals surface area contributed by atoms with E-state index in [1.54, 1.807) is 0 Å². The molecule has 2 saturated heterocycles. The van der Waals surface area contributed by atoms with Crippen molar-refractivity contribution in [2.24, 2.45) is 29.6 Å². The molecule has 2 aliphatic carbocycles. The molecule has 0 aromatic carbocycles. The van der Waals surface area contributed by atoms with Crippen molar-refractivity contribution in [1.82, 2.24) is 9.80 Å². The molecule has 4 rings (SSSR count). The Hall–Kier alpha value is -1.10. The minimum atomic E-state index is 0.151. The first kappa shape index (κ1) is 14.5. The number of fused-ring (bicyclic) bond motifs is 1. The van der Waals surface area contributed by atoms with Crippen molar-refractivity contribution in [3.8, 4) is 0 Å². The topological polar surface area (TPSA) is 49.9 Å². The van der Waals surface area contributed by atoms with Gasteiger partial charge < -0.3 is 14.5 Å². The van der Waals surface area contributed by atoms with Crippen molar-refractivity contribution in [1.29, 1.82) is 0 Å². The van der Waals surface area contributed by atoms with Crippen LogP contribution in [0.5, 0.6) is 0 Å². The first-order chi connectivity index (χ1) is 10.6. The molecule has 5 nitrogen and oxygen atoms in total. The molecule has 0 aromatic rings. The van der Waals surface area contributed by atoms with Crippen LogP contribution in [0, 0.1) is 29.6 Å². The summed E-state index contributed by atoms with van der Waals surface area (Å²) in [4.78, 5) is 28.9. The number of nitrogens with zero attached hydrogens (tertiary/aromatic N) is 2. The van der Waals surface area contributed by atoms with Crippen molar-refractivity contribution in [2.45, 2.75) is 25.7 Å². The number of carbonyl (C=O) groups excluding carboxylic acids is 2. The molecular formula is C17H26N2O3. The third-order valence-electron chi connectivity index (χ3n) is 5.97. The zero-order valence-corrected chi connectivity index (χ0v) is 13.4. The van der Waals surface area contributed by atoms with Gasteiger partial charge in [-0.2, -0.15) is 0 Å². The SMILES string of the molecule is CN(CC1CC1)C(=O)C1[C@H]2CN(C(=O)C3CCOCC3)C[C@@H]12. The fourth-order valence-corrected chi connectivity index (χ4v) is 4.31. The number of likely N-dealkylation sites (tertiary alicyclic amines) is 1. The maximum absolute atomic E-state index is 12.5. The summed E-state index contributed by atoms with van der Waals surface area (Å²) in [6.45, 7) is 3.96. The van der Waals surface area contributed by atoms with E-state index in [-0.39, 0.29) is 11.8 Å². The number of rotatable bonds is 4. The van der Waals surface area contributed by atoms with Crippen LogP contribution in [0.4, 0.5) is 0 Å². The molecule has 0 N–H and O–H groups in total. The van der Waals surface area contributed by atoms with Gasteiger partial charge in [-0.3, -0.25) is 9.59 Å². The Morgan fingerprint density at radius 2 is 1.73 bits per heavy atom. The predicted molar refractivity (Wildman–Crippen MR) is 81.0 cm³/mol. The molecule has 3 atom stereocenters. The maximum atomic E-state index is 12.5. The number of ether oxygens (including phenoxy) is 1. The summed E-state index contributed by atoms with van der Waals surface area (Å²) in [6, 6.07) is 0. The molecule has 0 aromatic heterocycles. The molecular weight excluding hydrogens is 280 g/mol. The lowest BCUT2D eigenvalue weighted by atomic mass is 9.98. The van der Waals surface area contributed by atoms with Crippen LogP contribution in [0.2, 0.25) is 0 Å². The molecule has 4 aliphatic rings. The summed E-state index contributed by atoms with van der Waals surface area (Å²) in [5.41, 5.74) is 0. The lowest BCUT2D eigenvalue weighted by Gasteiger charge is -2.28. The third kappa shape index (κ3) is 2.64. The van der Waals surface area contributed by atoms with Crippen LogP contribution < -0.4 is 0 Å². The monoisotopic (exact) mass is 306 g/mol. The Labute approximate surface area is 132 Å². The molecule has 5 heteroatoms. The Morgan fingerprint density at radius 1 is 1.09 bits per heavy atom. The quantitative estimate of drug-likeness (QED) is 0.778. The van der Waals surface area contributed by atoms with Gasteiger partial charge >= 0.3 is 0 Å². The molecule has 2 aliphatic heterocycles. The zero-order chi connectivity index (χ0) is 15.3. The van der Waals surface area contributed by atoms with Gasteiger partial charge in [0.2, 0.25) is 11.8 Å². The number of carbonyl (C=O) groups is 2. The lowest BCUT2D eigenvalue weighted by Crippen LogP contribution is -2.40. The molecule has 0 radical (unpaired) electrons. The minimum Gasteiger partial charge on any atom is -0.381 e. The molecule has 0 spiro atoms. The second kappa shape index (κ2) is 5.52. The summed E-state index contributed by atoms with van der Waals surface area (Å²) in [5, 5.41) is 0. The van der Waals surface area contributed by atoms with Gasteiger partial charge in [-0.25, -0.2) is 0 Å². The number of hydrogen-bond acceptors (Lipinski definition) is 3. The average Bonchev–Trinajstić information content (AvgIpc) is 3.44. The largest absolute Gasteiger partial charge is 0.381 e. The fourth-order valence-electron chi connectivity index (χ4n) is 4.31. The molecule has 2 amide bonds. The van der Waals surface area contributed by atoms with E-state index in [2.05, 4.69) is 0 Å². The average molecular weight is 306 g/mol. The standard InChI is InChI=1S/C17H26N2O3/c1-18(8-11-2-3-11)17(21)15-13-9-19(10-14(13)15)16(20)12-4-6-22-7-5-12/h11-15H,2-10H2,1H3/t13-,14+,15?. The second-order valence-electron chi connectivity index (χ2n) is 7.65. The summed E-state index contributed by atoms with van der Waals surface area (Å²) in [6.07, 6.45) is 4.28. The van der Waals surface area contributed by atoms with Crippen molar-refractivity contribution in [3.05, 3.63) is 0 Å². The Kier molecular flexibility index (Phi) is 3.63. The van der Waals surface area contributed by atoms with Crippen LogP contribution >= 0.6 is 0 Å². The van der Waals surface area contributed by atoms with E-state index in [1.165, 1.54) is 12.8 Å². The van der Waals surface area contributed by atoms with E-state index in [9.17, 15) is 9.59 Å². The fraction of sp³-hybridized carbons (Fsp3) is 0.882. The van der Waals surface area contributed by atoms with E-state index in [0.29, 0.717) is 36.9 Å². The maximum Gasteiger partial charge on any atom is 0.226 e. The Morgan fingerprint density at radius 3 is 2.32 bits per heavy atom. The number of amides is 2. The Balaban J connectivity index is 1.27. The molecule has 2 saturated carbocycles. The normalized spacial score (nSPS) is 34.4. The van der Waals surface area contributed by atoms with Crippen molar-refractivity contribution < 1.29 is 14.3 Å². The molecule has 122 valence electrons. The second-order valence-corrected chi connectivity index (χ2v) is 7.65. The van der Waals surface area contributed by atoms with Crippen LogP contribution in [-0.4, -0.2) is 61.5 Å². The van der Waals surface area contributed by atoms with Crippen LogP contribution in [0.15, 0.2) is 0 Å². The van der Waals surface area contributed by atoms with Gasteiger partial charge in [0.05, 0.1) is 0 Å². The minimum absolute atomic E-state index is 0.151. The molecule has 22 heavy (non-hydrogen) atoms. The number of piperidine rings is 1. The highest BCUT2D eigenvalue weighted by Crippen LogP contribution is 2.53. The van der Waals surface area contributed by atoms with Crippen LogP contribution in [0.3, 0.4) is 0 Å². The van der Waals surface area contributed by atoms with Crippen LogP contribution in [0.25, 0.3) is 0 Å².